The maximum Gasteiger partial charge on any atom is 0.0657 e. The van der Waals surface area contributed by atoms with Gasteiger partial charge in [0.2, 0.25) is 0 Å². The number of rotatable bonds is 4. The van der Waals surface area contributed by atoms with Gasteiger partial charge in [-0.2, -0.15) is 0 Å². The van der Waals surface area contributed by atoms with Crippen LogP contribution in [0.1, 0.15) is 68.2 Å². The molecule has 0 radical (unpaired) electrons. The number of hydrogen-bond donors (Lipinski definition) is 0. The first kappa shape index (κ1) is 15.0. The highest BCUT2D eigenvalue weighted by atomic mass is 16.5. The Balaban J connectivity index is 4.32. The minimum Gasteiger partial charge on any atom is -0.375 e. The molecule has 0 amide bonds. The van der Waals surface area contributed by atoms with Gasteiger partial charge in [-0.3, -0.25) is 0 Å². The van der Waals surface area contributed by atoms with Gasteiger partial charge in [0.15, 0.2) is 0 Å². The van der Waals surface area contributed by atoms with Crippen LogP contribution in [0.3, 0.4) is 0 Å². The number of ether oxygens (including phenoxy) is 1. The molecule has 0 aliphatic heterocycles. The Morgan fingerprint density at radius 2 is 1.27 bits per heavy atom. The Kier molecular flexibility index (Phi) is 4.85. The number of hydrogen-bond acceptors (Lipinski definition) is 1. The molecule has 15 heavy (non-hydrogen) atoms. The highest BCUT2D eigenvalue weighted by Crippen LogP contribution is 2.33. The third kappa shape index (κ3) is 7.84. The summed E-state index contributed by atoms with van der Waals surface area (Å²) in [5, 5.41) is 0. The Labute approximate surface area is 96.6 Å². The van der Waals surface area contributed by atoms with Gasteiger partial charge in [0, 0.05) is 0 Å². The van der Waals surface area contributed by atoms with E-state index in [1.54, 1.807) is 0 Å². The second-order valence-electron chi connectivity index (χ2n) is 7.39. The zero-order valence-corrected chi connectivity index (χ0v) is 12.0. The highest BCUT2D eigenvalue weighted by molar-refractivity contribution is 4.81. The average Bonchev–Trinajstić information content (AvgIpc) is 1.97. The maximum atomic E-state index is 6.12. The molecule has 0 aromatic carbocycles. The first-order chi connectivity index (χ1) is 6.47. The summed E-state index contributed by atoms with van der Waals surface area (Å²) in [6.45, 7) is 18.8. The summed E-state index contributed by atoms with van der Waals surface area (Å²) in [7, 11) is 0. The summed E-state index contributed by atoms with van der Waals surface area (Å²) in [6, 6.07) is 0. The summed E-state index contributed by atoms with van der Waals surface area (Å²) >= 11 is 0. The van der Waals surface area contributed by atoms with Crippen molar-refractivity contribution in [1.82, 2.24) is 0 Å². The zero-order chi connectivity index (χ0) is 12.3. The molecular weight excluding hydrogens is 184 g/mol. The Morgan fingerprint density at radius 1 is 0.800 bits per heavy atom. The molecule has 1 heteroatoms. The van der Waals surface area contributed by atoms with Gasteiger partial charge in [0.05, 0.1) is 12.2 Å². The third-order valence-electron chi connectivity index (χ3n) is 2.51. The molecule has 0 saturated heterocycles. The molecule has 0 saturated carbocycles. The van der Waals surface area contributed by atoms with E-state index in [9.17, 15) is 0 Å². The van der Waals surface area contributed by atoms with Crippen LogP contribution in [-0.4, -0.2) is 12.2 Å². The lowest BCUT2D eigenvalue weighted by atomic mass is 9.81. The normalized spacial score (nSPS) is 17.6. The van der Waals surface area contributed by atoms with E-state index in [1.165, 1.54) is 0 Å². The van der Waals surface area contributed by atoms with E-state index in [0.29, 0.717) is 5.41 Å². The van der Waals surface area contributed by atoms with E-state index in [0.717, 1.165) is 19.4 Å². The van der Waals surface area contributed by atoms with Crippen molar-refractivity contribution in [2.45, 2.75) is 73.8 Å². The van der Waals surface area contributed by atoms with Crippen molar-refractivity contribution in [2.24, 2.45) is 10.8 Å². The van der Waals surface area contributed by atoms with E-state index < -0.39 is 0 Å². The monoisotopic (exact) mass is 214 g/mol. The van der Waals surface area contributed by atoms with Crippen molar-refractivity contribution in [1.29, 1.82) is 0 Å². The van der Waals surface area contributed by atoms with E-state index >= 15 is 0 Å². The summed E-state index contributed by atoms with van der Waals surface area (Å²) in [5.74, 6) is 0. The molecule has 0 N–H and O–H groups in total. The third-order valence-corrected chi connectivity index (χ3v) is 2.51. The lowest BCUT2D eigenvalue weighted by Crippen LogP contribution is -2.35. The fraction of sp³-hybridized carbons (Fsp3) is 1.00. The molecular formula is C14H30O. The standard InChI is InChI=1S/C14H30O/c1-9-14(8,10-12(2,3)4)15-11-13(5,6)7/h9-11H2,1-8H3/t14-/m0/s1. The second kappa shape index (κ2) is 4.86. The molecule has 0 aliphatic carbocycles. The quantitative estimate of drug-likeness (QED) is 0.661. The van der Waals surface area contributed by atoms with Crippen molar-refractivity contribution in [2.75, 3.05) is 6.61 Å². The van der Waals surface area contributed by atoms with Crippen LogP contribution in [0.5, 0.6) is 0 Å². The summed E-state index contributed by atoms with van der Waals surface area (Å²) in [4.78, 5) is 0. The lowest BCUT2D eigenvalue weighted by Gasteiger charge is -2.37. The predicted molar refractivity (Wildman–Crippen MR) is 68.2 cm³/mol. The van der Waals surface area contributed by atoms with E-state index in [-0.39, 0.29) is 11.0 Å². The second-order valence-corrected chi connectivity index (χ2v) is 7.39. The van der Waals surface area contributed by atoms with Crippen LogP contribution in [0, 0.1) is 10.8 Å². The van der Waals surface area contributed by atoms with Crippen LogP contribution >= 0.6 is 0 Å². The first-order valence-electron chi connectivity index (χ1n) is 6.11. The lowest BCUT2D eigenvalue weighted by molar-refractivity contribution is -0.0848. The molecule has 0 heterocycles. The zero-order valence-electron chi connectivity index (χ0n) is 12.0. The van der Waals surface area contributed by atoms with Crippen LogP contribution in [0.4, 0.5) is 0 Å². The average molecular weight is 214 g/mol. The SMILES string of the molecule is CC[C@@](C)(CC(C)(C)C)OCC(C)(C)C. The molecule has 1 nitrogen and oxygen atoms in total. The molecule has 0 aliphatic rings. The van der Waals surface area contributed by atoms with Crippen molar-refractivity contribution >= 4 is 0 Å². The molecule has 1 atom stereocenters. The minimum atomic E-state index is 0.0333. The van der Waals surface area contributed by atoms with Crippen molar-refractivity contribution in [3.05, 3.63) is 0 Å². The van der Waals surface area contributed by atoms with Gasteiger partial charge in [0.25, 0.3) is 0 Å². The molecule has 0 aromatic rings. The topological polar surface area (TPSA) is 9.23 Å². The Hall–Kier alpha value is -0.0400. The molecule has 0 rings (SSSR count). The Morgan fingerprint density at radius 3 is 1.53 bits per heavy atom. The van der Waals surface area contributed by atoms with E-state index in [2.05, 4.69) is 55.4 Å². The highest BCUT2D eigenvalue weighted by Gasteiger charge is 2.30. The molecule has 0 aromatic heterocycles. The van der Waals surface area contributed by atoms with Gasteiger partial charge in [-0.05, 0) is 30.6 Å². The fourth-order valence-electron chi connectivity index (χ4n) is 1.79. The van der Waals surface area contributed by atoms with Crippen LogP contribution in [0.2, 0.25) is 0 Å². The van der Waals surface area contributed by atoms with Gasteiger partial charge >= 0.3 is 0 Å². The van der Waals surface area contributed by atoms with E-state index in [4.69, 9.17) is 4.74 Å². The van der Waals surface area contributed by atoms with Crippen LogP contribution in [0.15, 0.2) is 0 Å². The van der Waals surface area contributed by atoms with Crippen molar-refractivity contribution in [3.8, 4) is 0 Å². The van der Waals surface area contributed by atoms with Gasteiger partial charge in [0.1, 0.15) is 0 Å². The van der Waals surface area contributed by atoms with Gasteiger partial charge in [-0.15, -0.1) is 0 Å². The van der Waals surface area contributed by atoms with E-state index in [1.807, 2.05) is 0 Å². The van der Waals surface area contributed by atoms with Crippen molar-refractivity contribution < 1.29 is 4.74 Å². The molecule has 0 fully saturated rings. The molecule has 0 spiro atoms. The smallest absolute Gasteiger partial charge is 0.0657 e. The predicted octanol–water partition coefficient (Wildman–Crippen LogP) is 4.65. The van der Waals surface area contributed by atoms with Gasteiger partial charge in [-0.25, -0.2) is 0 Å². The van der Waals surface area contributed by atoms with Crippen LogP contribution in [0.25, 0.3) is 0 Å². The summed E-state index contributed by atoms with van der Waals surface area (Å²) in [6.07, 6.45) is 2.20. The molecule has 0 bridgehead atoms. The van der Waals surface area contributed by atoms with Gasteiger partial charge in [-0.1, -0.05) is 48.5 Å². The van der Waals surface area contributed by atoms with Gasteiger partial charge < -0.3 is 4.74 Å². The van der Waals surface area contributed by atoms with Crippen LogP contribution < -0.4 is 0 Å². The Bertz CT molecular complexity index is 182. The maximum absolute atomic E-state index is 6.12. The largest absolute Gasteiger partial charge is 0.375 e. The first-order valence-corrected chi connectivity index (χ1v) is 6.11. The fourth-order valence-corrected chi connectivity index (χ4v) is 1.79. The minimum absolute atomic E-state index is 0.0333. The molecule has 92 valence electrons. The summed E-state index contributed by atoms with van der Waals surface area (Å²) in [5.41, 5.74) is 0.627. The summed E-state index contributed by atoms with van der Waals surface area (Å²) < 4.78 is 6.12. The van der Waals surface area contributed by atoms with Crippen molar-refractivity contribution in [3.63, 3.8) is 0 Å². The van der Waals surface area contributed by atoms with Crippen LogP contribution in [-0.2, 0) is 4.74 Å². The molecule has 0 unspecified atom stereocenters.